The van der Waals surface area contributed by atoms with Gasteiger partial charge in [0, 0.05) is 31.6 Å². The van der Waals surface area contributed by atoms with Gasteiger partial charge in [0.05, 0.1) is 0 Å². The number of hydrogen-bond donors (Lipinski definition) is 1. The van der Waals surface area contributed by atoms with E-state index in [1.807, 2.05) is 18.2 Å². The molecule has 0 radical (unpaired) electrons. The summed E-state index contributed by atoms with van der Waals surface area (Å²) in [6, 6.07) is 7.36. The first kappa shape index (κ1) is 13.5. The van der Waals surface area contributed by atoms with Gasteiger partial charge in [-0.15, -0.1) is 11.3 Å². The van der Waals surface area contributed by atoms with E-state index in [0.717, 1.165) is 19.4 Å². The maximum absolute atomic E-state index is 5.96. The van der Waals surface area contributed by atoms with E-state index in [2.05, 4.69) is 21.2 Å². The highest BCUT2D eigenvalue weighted by molar-refractivity contribution is 9.10. The number of benzene rings is 1. The Morgan fingerprint density at radius 1 is 1.06 bits per heavy atom. The quantitative estimate of drug-likeness (QED) is 0.689. The smallest absolute Gasteiger partial charge is 0.107 e. The van der Waals surface area contributed by atoms with Crippen molar-refractivity contribution in [3.8, 4) is 0 Å². The van der Waals surface area contributed by atoms with E-state index in [-0.39, 0.29) is 0 Å². The molecule has 17 heavy (non-hydrogen) atoms. The Morgan fingerprint density at radius 3 is 2.24 bits per heavy atom. The number of halogens is 4. The number of nitrogens with one attached hydrogen (secondary N) is 1. The second kappa shape index (κ2) is 5.81. The molecule has 0 aliphatic carbocycles. The van der Waals surface area contributed by atoms with E-state index >= 15 is 0 Å². The van der Waals surface area contributed by atoms with Crippen LogP contribution in [0.4, 0.5) is 5.69 Å². The van der Waals surface area contributed by atoms with E-state index < -0.39 is 0 Å². The van der Waals surface area contributed by atoms with Crippen LogP contribution in [0, 0.1) is 0 Å². The summed E-state index contributed by atoms with van der Waals surface area (Å²) in [5.41, 5.74) is 0.892. The average molecular weight is 372 g/mol. The second-order valence-corrected chi connectivity index (χ2v) is 6.81. The Bertz CT molecular complexity index is 502. The lowest BCUT2D eigenvalue weighted by Gasteiger charge is -2.05. The molecule has 1 aromatic carbocycles. The van der Waals surface area contributed by atoms with Gasteiger partial charge in [0.1, 0.15) is 4.34 Å². The number of rotatable bonds is 3. The van der Waals surface area contributed by atoms with Crippen LogP contribution in [0.25, 0.3) is 0 Å². The van der Waals surface area contributed by atoms with E-state index in [1.165, 1.54) is 11.3 Å². The van der Waals surface area contributed by atoms with E-state index in [0.29, 0.717) is 16.6 Å². The van der Waals surface area contributed by atoms with Crippen LogP contribution >= 0.6 is 62.1 Å². The van der Waals surface area contributed by atoms with Crippen molar-refractivity contribution in [1.29, 1.82) is 0 Å². The standard InChI is InChI=1S/C11H7BrCl3NS/c12-10-4-9(17-11(10)15)5-16-8-2-6(13)1-7(14)3-8/h1-4,16H,5H2. The van der Waals surface area contributed by atoms with Crippen molar-refractivity contribution in [2.45, 2.75) is 6.54 Å². The number of hydrogen-bond acceptors (Lipinski definition) is 2. The van der Waals surface area contributed by atoms with Crippen LogP contribution in [-0.2, 0) is 6.54 Å². The van der Waals surface area contributed by atoms with Gasteiger partial charge < -0.3 is 5.32 Å². The fourth-order valence-electron chi connectivity index (χ4n) is 1.32. The Hall–Kier alpha value is 0.0700. The zero-order chi connectivity index (χ0) is 12.4. The summed E-state index contributed by atoms with van der Waals surface area (Å²) in [6.45, 7) is 0.687. The van der Waals surface area contributed by atoms with Crippen LogP contribution in [-0.4, -0.2) is 0 Å². The summed E-state index contributed by atoms with van der Waals surface area (Å²) in [6.07, 6.45) is 0. The SMILES string of the molecule is Clc1cc(Cl)cc(NCc2cc(Br)c(Cl)s2)c1. The molecular weight excluding hydrogens is 364 g/mol. The predicted molar refractivity (Wildman–Crippen MR) is 80.8 cm³/mol. The molecule has 2 rings (SSSR count). The third kappa shape index (κ3) is 3.76. The first-order valence-corrected chi connectivity index (χ1v) is 7.42. The number of anilines is 1. The van der Waals surface area contributed by atoms with Gasteiger partial charge in [-0.2, -0.15) is 0 Å². The second-order valence-electron chi connectivity index (χ2n) is 3.35. The average Bonchev–Trinajstić information content (AvgIpc) is 2.54. The normalized spacial score (nSPS) is 10.6. The molecule has 0 saturated heterocycles. The molecule has 0 fully saturated rings. The highest BCUT2D eigenvalue weighted by atomic mass is 79.9. The molecule has 1 aromatic heterocycles. The van der Waals surface area contributed by atoms with Crippen molar-refractivity contribution >= 4 is 67.8 Å². The van der Waals surface area contributed by atoms with Gasteiger partial charge in [0.15, 0.2) is 0 Å². The van der Waals surface area contributed by atoms with Crippen molar-refractivity contribution < 1.29 is 0 Å². The third-order valence-electron chi connectivity index (χ3n) is 2.03. The van der Waals surface area contributed by atoms with Gasteiger partial charge in [0.25, 0.3) is 0 Å². The van der Waals surface area contributed by atoms with Gasteiger partial charge in [-0.25, -0.2) is 0 Å². The maximum atomic E-state index is 5.96. The van der Waals surface area contributed by atoms with Gasteiger partial charge in [-0.1, -0.05) is 34.8 Å². The minimum Gasteiger partial charge on any atom is -0.380 e. The molecule has 90 valence electrons. The van der Waals surface area contributed by atoms with E-state index in [1.54, 1.807) is 6.07 Å². The molecule has 0 atom stereocenters. The highest BCUT2D eigenvalue weighted by Gasteiger charge is 2.04. The molecule has 1 N–H and O–H groups in total. The van der Waals surface area contributed by atoms with Crippen molar-refractivity contribution in [3.05, 3.63) is 48.0 Å². The third-order valence-corrected chi connectivity index (χ3v) is 4.94. The van der Waals surface area contributed by atoms with Crippen molar-refractivity contribution in [2.24, 2.45) is 0 Å². The Labute approximate surface area is 127 Å². The maximum Gasteiger partial charge on any atom is 0.107 e. The monoisotopic (exact) mass is 369 g/mol. The summed E-state index contributed by atoms with van der Waals surface area (Å²) in [5.74, 6) is 0. The molecule has 0 aliphatic rings. The molecular formula is C11H7BrCl3NS. The van der Waals surface area contributed by atoms with Gasteiger partial charge in [-0.05, 0) is 40.2 Å². The van der Waals surface area contributed by atoms with Crippen molar-refractivity contribution in [2.75, 3.05) is 5.32 Å². The molecule has 1 heterocycles. The summed E-state index contributed by atoms with van der Waals surface area (Å²) < 4.78 is 1.68. The topological polar surface area (TPSA) is 12.0 Å². The summed E-state index contributed by atoms with van der Waals surface area (Å²) in [7, 11) is 0. The highest BCUT2D eigenvalue weighted by Crippen LogP contribution is 2.32. The Balaban J connectivity index is 2.07. The van der Waals surface area contributed by atoms with Gasteiger partial charge in [-0.3, -0.25) is 0 Å². The molecule has 1 nitrogen and oxygen atoms in total. The summed E-state index contributed by atoms with van der Waals surface area (Å²) >= 11 is 22.7. The summed E-state index contributed by atoms with van der Waals surface area (Å²) in [4.78, 5) is 1.14. The minimum absolute atomic E-state index is 0.616. The van der Waals surface area contributed by atoms with Crippen LogP contribution in [0.2, 0.25) is 14.4 Å². The first-order chi connectivity index (χ1) is 8.04. The Kier molecular flexibility index (Phi) is 4.61. The molecule has 6 heteroatoms. The van der Waals surface area contributed by atoms with Crippen LogP contribution in [0.15, 0.2) is 28.7 Å². The molecule has 0 spiro atoms. The van der Waals surface area contributed by atoms with Gasteiger partial charge in [0.2, 0.25) is 0 Å². The lowest BCUT2D eigenvalue weighted by Crippen LogP contribution is -1.96. The lowest BCUT2D eigenvalue weighted by atomic mass is 10.3. The molecule has 0 bridgehead atoms. The predicted octanol–water partition coefficient (Wildman–Crippen LogP) is 6.08. The van der Waals surface area contributed by atoms with Crippen molar-refractivity contribution in [3.63, 3.8) is 0 Å². The fourth-order valence-corrected chi connectivity index (χ4v) is 3.58. The first-order valence-electron chi connectivity index (χ1n) is 4.68. The number of thiophene rings is 1. The minimum atomic E-state index is 0.616. The largest absolute Gasteiger partial charge is 0.380 e. The molecule has 0 saturated carbocycles. The van der Waals surface area contributed by atoms with Crippen LogP contribution in [0.1, 0.15) is 4.88 Å². The summed E-state index contributed by atoms with van der Waals surface area (Å²) in [5, 5.41) is 4.48. The molecule has 2 aromatic rings. The molecule has 0 aliphatic heterocycles. The van der Waals surface area contributed by atoms with Crippen molar-refractivity contribution in [1.82, 2.24) is 0 Å². The fraction of sp³-hybridized carbons (Fsp3) is 0.0909. The molecule has 0 unspecified atom stereocenters. The van der Waals surface area contributed by atoms with E-state index in [4.69, 9.17) is 34.8 Å². The van der Waals surface area contributed by atoms with Crippen LogP contribution < -0.4 is 5.32 Å². The van der Waals surface area contributed by atoms with Crippen LogP contribution in [0.3, 0.4) is 0 Å². The Morgan fingerprint density at radius 2 is 1.71 bits per heavy atom. The zero-order valence-corrected chi connectivity index (χ0v) is 13.1. The van der Waals surface area contributed by atoms with E-state index in [9.17, 15) is 0 Å². The zero-order valence-electron chi connectivity index (χ0n) is 8.44. The van der Waals surface area contributed by atoms with Crippen LogP contribution in [0.5, 0.6) is 0 Å². The lowest BCUT2D eigenvalue weighted by molar-refractivity contribution is 1.19. The van der Waals surface area contributed by atoms with Gasteiger partial charge >= 0.3 is 0 Å². The molecule has 0 amide bonds.